The van der Waals surface area contributed by atoms with Crippen molar-refractivity contribution in [1.82, 2.24) is 19.8 Å². The van der Waals surface area contributed by atoms with Gasteiger partial charge in [0.2, 0.25) is 0 Å². The molecule has 2 aromatic rings. The first-order valence-corrected chi connectivity index (χ1v) is 7.53. The number of alkyl halides is 3. The number of ether oxygens (including phenoxy) is 1. The molecular weight excluding hydrogens is 311 g/mol. The van der Waals surface area contributed by atoms with Gasteiger partial charge in [-0.3, -0.25) is 0 Å². The first kappa shape index (κ1) is 16.0. The van der Waals surface area contributed by atoms with Gasteiger partial charge in [0.15, 0.2) is 5.65 Å². The van der Waals surface area contributed by atoms with E-state index in [0.717, 1.165) is 35.9 Å². The molecule has 0 amide bonds. The van der Waals surface area contributed by atoms with E-state index < -0.39 is 12.0 Å². The van der Waals surface area contributed by atoms with Gasteiger partial charge in [0.1, 0.15) is 5.82 Å². The minimum Gasteiger partial charge on any atom is -0.376 e. The third-order valence-corrected chi connectivity index (χ3v) is 4.12. The lowest BCUT2D eigenvalue weighted by Crippen LogP contribution is -2.28. The van der Waals surface area contributed by atoms with Crippen LogP contribution in [0.4, 0.5) is 19.0 Å². The van der Waals surface area contributed by atoms with E-state index in [9.17, 15) is 13.2 Å². The Morgan fingerprint density at radius 1 is 1.22 bits per heavy atom. The van der Waals surface area contributed by atoms with E-state index in [1.807, 2.05) is 0 Å². The highest BCUT2D eigenvalue weighted by atomic mass is 19.4. The maximum atomic E-state index is 13.0. The Morgan fingerprint density at radius 2 is 2.00 bits per heavy atom. The van der Waals surface area contributed by atoms with Crippen LogP contribution in [0.2, 0.25) is 0 Å². The number of anilines is 1. The topological polar surface area (TPSA) is 64.3 Å². The van der Waals surface area contributed by atoms with E-state index in [2.05, 4.69) is 20.6 Å². The van der Waals surface area contributed by atoms with Gasteiger partial charge in [-0.05, 0) is 38.7 Å². The lowest BCUT2D eigenvalue weighted by molar-refractivity contribution is -0.146. The number of hydrogen-bond donors (Lipinski definition) is 1. The van der Waals surface area contributed by atoms with Crippen molar-refractivity contribution in [1.29, 1.82) is 0 Å². The average molecular weight is 329 g/mol. The summed E-state index contributed by atoms with van der Waals surface area (Å²) < 4.78 is 45.3. The second-order valence-electron chi connectivity index (χ2n) is 5.72. The number of halogens is 3. The van der Waals surface area contributed by atoms with Gasteiger partial charge in [-0.2, -0.15) is 17.7 Å². The molecule has 3 heterocycles. The summed E-state index contributed by atoms with van der Waals surface area (Å²) in [5, 5.41) is 14.0. The molecule has 1 aliphatic heterocycles. The van der Waals surface area contributed by atoms with Crippen molar-refractivity contribution < 1.29 is 17.9 Å². The molecule has 1 atom stereocenters. The van der Waals surface area contributed by atoms with Crippen molar-refractivity contribution in [3.8, 4) is 0 Å². The largest absolute Gasteiger partial charge is 0.453 e. The van der Waals surface area contributed by atoms with Gasteiger partial charge < -0.3 is 10.1 Å². The minimum atomic E-state index is -4.60. The summed E-state index contributed by atoms with van der Waals surface area (Å²) in [6.07, 6.45) is -1.45. The lowest BCUT2D eigenvalue weighted by atomic mass is 10.1. The fourth-order valence-electron chi connectivity index (χ4n) is 2.65. The number of nitrogens with zero attached hydrogens (tertiary/aromatic N) is 4. The Morgan fingerprint density at radius 3 is 2.65 bits per heavy atom. The van der Waals surface area contributed by atoms with E-state index in [4.69, 9.17) is 4.74 Å². The number of aromatic nitrogens is 4. The SMILES string of the molecule is Cc1c(NCC2CCCCO2)nn2c(C(F)(F)F)nnc2c1C. The predicted octanol–water partition coefficient (Wildman–Crippen LogP) is 2.74. The Bertz CT molecular complexity index is 706. The molecule has 6 nitrogen and oxygen atoms in total. The molecule has 0 aromatic carbocycles. The summed E-state index contributed by atoms with van der Waals surface area (Å²) in [4.78, 5) is 0. The smallest absolute Gasteiger partial charge is 0.376 e. The van der Waals surface area contributed by atoms with Crippen LogP contribution in [0.25, 0.3) is 5.65 Å². The van der Waals surface area contributed by atoms with Gasteiger partial charge in [-0.15, -0.1) is 15.3 Å². The number of hydrogen-bond acceptors (Lipinski definition) is 5. The lowest BCUT2D eigenvalue weighted by Gasteiger charge is -2.23. The van der Waals surface area contributed by atoms with E-state index in [0.29, 0.717) is 17.9 Å². The van der Waals surface area contributed by atoms with Crippen LogP contribution in [0, 0.1) is 13.8 Å². The quantitative estimate of drug-likeness (QED) is 0.938. The van der Waals surface area contributed by atoms with E-state index in [1.165, 1.54) is 0 Å². The molecule has 0 spiro atoms. The molecule has 1 saturated heterocycles. The standard InChI is InChI=1S/C14H18F3N5O/c1-8-9(2)12-19-20-13(14(15,16)17)22(12)21-11(8)18-7-10-5-3-4-6-23-10/h10H,3-7H2,1-2H3,(H,18,21). The Hall–Kier alpha value is -1.90. The summed E-state index contributed by atoms with van der Waals surface area (Å²) in [6.45, 7) is 4.75. The van der Waals surface area contributed by atoms with Crippen LogP contribution in [0.15, 0.2) is 0 Å². The molecule has 2 aromatic heterocycles. The summed E-state index contributed by atoms with van der Waals surface area (Å²) in [7, 11) is 0. The van der Waals surface area contributed by atoms with E-state index in [-0.39, 0.29) is 11.8 Å². The molecule has 0 bridgehead atoms. The Kier molecular flexibility index (Phi) is 4.13. The van der Waals surface area contributed by atoms with E-state index >= 15 is 0 Å². The minimum absolute atomic E-state index is 0.0592. The van der Waals surface area contributed by atoms with Crippen LogP contribution in [-0.4, -0.2) is 39.1 Å². The van der Waals surface area contributed by atoms with Crippen LogP contribution in [0.5, 0.6) is 0 Å². The first-order valence-electron chi connectivity index (χ1n) is 7.53. The summed E-state index contributed by atoms with van der Waals surface area (Å²) in [5.74, 6) is -0.720. The third-order valence-electron chi connectivity index (χ3n) is 4.12. The third kappa shape index (κ3) is 3.10. The fraction of sp³-hybridized carbons (Fsp3) is 0.643. The van der Waals surface area contributed by atoms with Crippen LogP contribution in [-0.2, 0) is 10.9 Å². The zero-order chi connectivity index (χ0) is 16.6. The van der Waals surface area contributed by atoms with Crippen molar-refractivity contribution in [3.05, 3.63) is 17.0 Å². The number of nitrogens with one attached hydrogen (secondary N) is 1. The number of fused-ring (bicyclic) bond motifs is 1. The van der Waals surface area contributed by atoms with Gasteiger partial charge >= 0.3 is 6.18 Å². The maximum Gasteiger partial charge on any atom is 0.453 e. The van der Waals surface area contributed by atoms with Gasteiger partial charge in [0.25, 0.3) is 5.82 Å². The van der Waals surface area contributed by atoms with Crippen LogP contribution < -0.4 is 5.32 Å². The second-order valence-corrected chi connectivity index (χ2v) is 5.72. The molecule has 126 valence electrons. The van der Waals surface area contributed by atoms with E-state index in [1.54, 1.807) is 13.8 Å². The van der Waals surface area contributed by atoms with Gasteiger partial charge in [-0.25, -0.2) is 0 Å². The van der Waals surface area contributed by atoms with Gasteiger partial charge in [0, 0.05) is 18.7 Å². The number of aryl methyl sites for hydroxylation is 1. The Labute approximate surface area is 131 Å². The zero-order valence-electron chi connectivity index (χ0n) is 12.9. The molecule has 3 rings (SSSR count). The van der Waals surface area contributed by atoms with Crippen LogP contribution in [0.1, 0.15) is 36.2 Å². The van der Waals surface area contributed by atoms with Crippen molar-refractivity contribution in [2.75, 3.05) is 18.5 Å². The van der Waals surface area contributed by atoms with Crippen molar-refractivity contribution in [2.45, 2.75) is 45.4 Å². The average Bonchev–Trinajstić information content (AvgIpc) is 2.94. The predicted molar refractivity (Wildman–Crippen MR) is 77.3 cm³/mol. The molecule has 0 saturated carbocycles. The summed E-state index contributed by atoms with van der Waals surface area (Å²) in [5.41, 5.74) is 1.50. The molecule has 1 aliphatic rings. The highest BCUT2D eigenvalue weighted by Gasteiger charge is 2.38. The number of rotatable bonds is 3. The van der Waals surface area contributed by atoms with Gasteiger partial charge in [0.05, 0.1) is 6.10 Å². The fourth-order valence-corrected chi connectivity index (χ4v) is 2.65. The normalized spacial score (nSPS) is 19.3. The van der Waals surface area contributed by atoms with Gasteiger partial charge in [-0.1, -0.05) is 0 Å². The molecule has 1 unspecified atom stereocenters. The monoisotopic (exact) mass is 329 g/mol. The second kappa shape index (κ2) is 5.95. The first-order chi connectivity index (χ1) is 10.9. The molecule has 0 radical (unpaired) electrons. The highest BCUT2D eigenvalue weighted by molar-refractivity contribution is 5.58. The molecule has 1 fully saturated rings. The highest BCUT2D eigenvalue weighted by Crippen LogP contribution is 2.29. The summed E-state index contributed by atoms with van der Waals surface area (Å²) in [6, 6.07) is 0. The van der Waals surface area contributed by atoms with Crippen molar-refractivity contribution in [2.24, 2.45) is 0 Å². The molecule has 9 heteroatoms. The Balaban J connectivity index is 1.91. The summed E-state index contributed by atoms with van der Waals surface area (Å²) >= 11 is 0. The van der Waals surface area contributed by atoms with Crippen molar-refractivity contribution >= 4 is 11.5 Å². The molecule has 1 N–H and O–H groups in total. The maximum absolute atomic E-state index is 13.0. The molecular formula is C14H18F3N5O. The molecule has 23 heavy (non-hydrogen) atoms. The zero-order valence-corrected chi connectivity index (χ0v) is 12.9. The van der Waals surface area contributed by atoms with Crippen LogP contribution in [0.3, 0.4) is 0 Å². The van der Waals surface area contributed by atoms with Crippen molar-refractivity contribution in [3.63, 3.8) is 0 Å². The molecule has 0 aliphatic carbocycles. The van der Waals surface area contributed by atoms with Crippen LogP contribution >= 0.6 is 0 Å².